The van der Waals surface area contributed by atoms with E-state index in [1.807, 2.05) is 0 Å². The Morgan fingerprint density at radius 1 is 1.07 bits per heavy atom. The number of nitrogens with zero attached hydrogens (tertiary/aromatic N) is 4. The number of halogens is 2. The summed E-state index contributed by atoms with van der Waals surface area (Å²) >= 11 is 0. The fourth-order valence-corrected chi connectivity index (χ4v) is 3.14. The van der Waals surface area contributed by atoms with Crippen LogP contribution >= 0.6 is 0 Å². The normalized spacial score (nSPS) is 11.2. The molecular formula is C20H18F2N6O2. The van der Waals surface area contributed by atoms with Crippen LogP contribution in [0.5, 0.6) is 11.5 Å². The van der Waals surface area contributed by atoms with Gasteiger partial charge in [0.15, 0.2) is 17.5 Å². The summed E-state index contributed by atoms with van der Waals surface area (Å²) in [6.45, 7) is 1.85. The minimum absolute atomic E-state index is 0.0883. The third kappa shape index (κ3) is 3.32. The number of benzene rings is 2. The second kappa shape index (κ2) is 7.47. The van der Waals surface area contributed by atoms with Gasteiger partial charge in [-0.05, 0) is 13.0 Å². The lowest BCUT2D eigenvalue weighted by Crippen LogP contribution is -2.07. The summed E-state index contributed by atoms with van der Waals surface area (Å²) in [5, 5.41) is 14.8. The molecule has 2 aromatic heterocycles. The number of aromatic nitrogens is 4. The monoisotopic (exact) mass is 412 g/mol. The van der Waals surface area contributed by atoms with Crippen molar-refractivity contribution in [1.82, 2.24) is 19.7 Å². The van der Waals surface area contributed by atoms with Crippen LogP contribution in [0.25, 0.3) is 22.4 Å². The van der Waals surface area contributed by atoms with E-state index in [4.69, 9.17) is 16.2 Å². The number of para-hydroxylation sites is 1. The molecule has 0 amide bonds. The van der Waals surface area contributed by atoms with Gasteiger partial charge in [-0.1, -0.05) is 18.2 Å². The quantitative estimate of drug-likeness (QED) is 0.460. The summed E-state index contributed by atoms with van der Waals surface area (Å²) < 4.78 is 35.7. The molecular weight excluding hydrogens is 394 g/mol. The molecule has 0 aliphatic heterocycles. The Bertz CT molecular complexity index is 1210. The Hall–Kier alpha value is -3.95. The summed E-state index contributed by atoms with van der Waals surface area (Å²) in [6.07, 6.45) is 0. The molecule has 0 aliphatic rings. The lowest BCUT2D eigenvalue weighted by molar-refractivity contribution is 0.335. The third-order valence-corrected chi connectivity index (χ3v) is 4.54. The number of ether oxygens (including phenoxy) is 1. The highest BCUT2D eigenvalue weighted by molar-refractivity contribution is 5.92. The molecule has 154 valence electrons. The molecule has 0 unspecified atom stereocenters. The molecule has 0 bridgehead atoms. The highest BCUT2D eigenvalue weighted by Crippen LogP contribution is 2.31. The smallest absolute Gasteiger partial charge is 0.201 e. The fraction of sp³-hybridized carbons (Fsp3) is 0.150. The van der Waals surface area contributed by atoms with Gasteiger partial charge in [0.1, 0.15) is 23.1 Å². The Morgan fingerprint density at radius 3 is 2.33 bits per heavy atom. The zero-order valence-corrected chi connectivity index (χ0v) is 15.9. The second-order valence-corrected chi connectivity index (χ2v) is 6.49. The maximum Gasteiger partial charge on any atom is 0.201 e. The van der Waals surface area contributed by atoms with Crippen molar-refractivity contribution in [2.45, 2.75) is 13.5 Å². The number of nitrogens with two attached hydrogens (primary N) is 2. The molecule has 0 atom stereocenters. The van der Waals surface area contributed by atoms with Crippen LogP contribution in [0.2, 0.25) is 0 Å². The summed E-state index contributed by atoms with van der Waals surface area (Å²) in [4.78, 5) is 8.08. The van der Waals surface area contributed by atoms with Gasteiger partial charge in [0.2, 0.25) is 5.75 Å². The van der Waals surface area contributed by atoms with Gasteiger partial charge in [-0.15, -0.1) is 0 Å². The molecule has 4 aromatic rings. The number of nitrogen functional groups attached to an aromatic ring is 2. The standard InChI is InChI=1S/C20H18F2N6O2/c1-2-30-10-7-13(21)12(14(22)8-10)9-28-15-6-4-3-5-11(15)16(27-28)20-25-18(23)17(29)19(24)26-20/h3-8,29H,2,9H2,1H3,(H4,23,24,25,26). The van der Waals surface area contributed by atoms with Crippen molar-refractivity contribution in [2.24, 2.45) is 0 Å². The van der Waals surface area contributed by atoms with Gasteiger partial charge in [-0.3, -0.25) is 4.68 Å². The Kier molecular flexibility index (Phi) is 4.82. The maximum absolute atomic E-state index is 14.6. The number of fused-ring (bicyclic) bond motifs is 1. The highest BCUT2D eigenvalue weighted by Gasteiger charge is 2.20. The van der Waals surface area contributed by atoms with Crippen molar-refractivity contribution in [3.63, 3.8) is 0 Å². The number of rotatable bonds is 5. The molecule has 0 fully saturated rings. The van der Waals surface area contributed by atoms with E-state index in [0.717, 1.165) is 12.1 Å². The first kappa shape index (κ1) is 19.4. The summed E-state index contributed by atoms with van der Waals surface area (Å²) in [7, 11) is 0. The van der Waals surface area contributed by atoms with E-state index >= 15 is 0 Å². The predicted octanol–water partition coefficient (Wildman–Crippen LogP) is 3.09. The molecule has 0 spiro atoms. The summed E-state index contributed by atoms with van der Waals surface area (Å²) in [5.41, 5.74) is 12.1. The number of anilines is 2. The van der Waals surface area contributed by atoms with Gasteiger partial charge in [0.05, 0.1) is 18.7 Å². The minimum Gasteiger partial charge on any atom is -0.502 e. The highest BCUT2D eigenvalue weighted by atomic mass is 19.1. The Labute approximate surface area is 169 Å². The van der Waals surface area contributed by atoms with Crippen LogP contribution in [0.1, 0.15) is 12.5 Å². The van der Waals surface area contributed by atoms with E-state index < -0.39 is 17.4 Å². The van der Waals surface area contributed by atoms with Crippen molar-refractivity contribution in [3.8, 4) is 23.0 Å². The number of hydrogen-bond donors (Lipinski definition) is 3. The van der Waals surface area contributed by atoms with Crippen LogP contribution in [0, 0.1) is 11.6 Å². The summed E-state index contributed by atoms with van der Waals surface area (Å²) in [6, 6.07) is 9.35. The van der Waals surface area contributed by atoms with Gasteiger partial charge < -0.3 is 21.3 Å². The predicted molar refractivity (Wildman–Crippen MR) is 108 cm³/mol. The molecule has 8 nitrogen and oxygen atoms in total. The minimum atomic E-state index is -0.742. The molecule has 2 aromatic carbocycles. The molecule has 0 saturated heterocycles. The van der Waals surface area contributed by atoms with Crippen LogP contribution in [-0.4, -0.2) is 31.5 Å². The first-order chi connectivity index (χ1) is 14.4. The van der Waals surface area contributed by atoms with Gasteiger partial charge in [-0.25, -0.2) is 18.7 Å². The molecule has 4 rings (SSSR count). The Morgan fingerprint density at radius 2 is 1.70 bits per heavy atom. The Balaban J connectivity index is 1.83. The van der Waals surface area contributed by atoms with Crippen LogP contribution in [0.4, 0.5) is 20.4 Å². The van der Waals surface area contributed by atoms with Crippen LogP contribution < -0.4 is 16.2 Å². The fourth-order valence-electron chi connectivity index (χ4n) is 3.14. The first-order valence-electron chi connectivity index (χ1n) is 9.07. The van der Waals surface area contributed by atoms with Crippen LogP contribution in [0.3, 0.4) is 0 Å². The van der Waals surface area contributed by atoms with Crippen molar-refractivity contribution < 1.29 is 18.6 Å². The van der Waals surface area contributed by atoms with Gasteiger partial charge in [-0.2, -0.15) is 5.10 Å². The maximum atomic E-state index is 14.6. The van der Waals surface area contributed by atoms with Gasteiger partial charge in [0, 0.05) is 23.1 Å². The van der Waals surface area contributed by atoms with E-state index in [-0.39, 0.29) is 35.3 Å². The van der Waals surface area contributed by atoms with Crippen LogP contribution in [0.15, 0.2) is 36.4 Å². The average Bonchev–Trinajstić information content (AvgIpc) is 3.07. The molecule has 10 heteroatoms. The molecule has 5 N–H and O–H groups in total. The topological polar surface area (TPSA) is 125 Å². The van der Waals surface area contributed by atoms with E-state index in [1.54, 1.807) is 31.2 Å². The third-order valence-electron chi connectivity index (χ3n) is 4.54. The van der Waals surface area contributed by atoms with Crippen molar-refractivity contribution in [3.05, 3.63) is 53.6 Å². The molecule has 0 radical (unpaired) electrons. The lowest BCUT2D eigenvalue weighted by Gasteiger charge is -2.09. The number of hydrogen-bond acceptors (Lipinski definition) is 7. The van der Waals surface area contributed by atoms with E-state index in [0.29, 0.717) is 23.2 Å². The molecule has 2 heterocycles. The van der Waals surface area contributed by atoms with Gasteiger partial charge in [0.25, 0.3) is 0 Å². The van der Waals surface area contributed by atoms with Crippen molar-refractivity contribution >= 4 is 22.5 Å². The lowest BCUT2D eigenvalue weighted by atomic mass is 10.1. The first-order valence-corrected chi connectivity index (χ1v) is 9.07. The van der Waals surface area contributed by atoms with Crippen molar-refractivity contribution in [2.75, 3.05) is 18.1 Å². The van der Waals surface area contributed by atoms with Gasteiger partial charge >= 0.3 is 0 Å². The molecule has 0 saturated carbocycles. The van der Waals surface area contributed by atoms with Crippen LogP contribution in [-0.2, 0) is 6.54 Å². The summed E-state index contributed by atoms with van der Waals surface area (Å²) in [5.74, 6) is -2.08. The second-order valence-electron chi connectivity index (χ2n) is 6.49. The zero-order valence-electron chi connectivity index (χ0n) is 15.9. The molecule has 0 aliphatic carbocycles. The SMILES string of the molecule is CCOc1cc(F)c(Cn2nc(-c3nc(N)c(O)c(N)n3)c3ccccc32)c(F)c1. The van der Waals surface area contributed by atoms with E-state index in [1.165, 1.54) is 4.68 Å². The van der Waals surface area contributed by atoms with E-state index in [2.05, 4.69) is 15.1 Å². The molecule has 30 heavy (non-hydrogen) atoms. The largest absolute Gasteiger partial charge is 0.502 e. The van der Waals surface area contributed by atoms with Crippen molar-refractivity contribution in [1.29, 1.82) is 0 Å². The van der Waals surface area contributed by atoms with E-state index in [9.17, 15) is 13.9 Å². The average molecular weight is 412 g/mol. The zero-order chi connectivity index (χ0) is 21.4. The number of aromatic hydroxyl groups is 1.